The third-order valence-corrected chi connectivity index (χ3v) is 4.12. The maximum Gasteiger partial charge on any atom is 0.227 e. The number of halogens is 1. The Bertz CT molecular complexity index is 1180. The highest BCUT2D eigenvalue weighted by atomic mass is 35.5. The molecule has 110 valence electrons. The Hall–Kier alpha value is -2.85. The van der Waals surface area contributed by atoms with Gasteiger partial charge in [-0.05, 0) is 42.5 Å². The molecule has 0 unspecified atom stereocenters. The van der Waals surface area contributed by atoms with Crippen LogP contribution in [0.15, 0.2) is 63.7 Å². The summed E-state index contributed by atoms with van der Waals surface area (Å²) in [6.07, 6.45) is 3.43. The molecule has 4 nitrogen and oxygen atoms in total. The molecular formula is C18H9ClN2O2. The standard InChI is InChI=1S/C18H9ClN2O2/c19-11-1-2-13-12(9-11)16-14(22-13)3-4-15-17(16)21-18(23-15)10-5-7-20-8-6-10/h1-9H. The lowest BCUT2D eigenvalue weighted by molar-refractivity contribution is 0.619. The molecule has 0 aliphatic carbocycles. The second kappa shape index (κ2) is 4.57. The van der Waals surface area contributed by atoms with Gasteiger partial charge in [0.15, 0.2) is 5.58 Å². The second-order valence-electron chi connectivity index (χ2n) is 5.28. The first-order chi connectivity index (χ1) is 11.3. The number of hydrogen-bond acceptors (Lipinski definition) is 4. The Morgan fingerprint density at radius 3 is 2.48 bits per heavy atom. The highest BCUT2D eigenvalue weighted by Gasteiger charge is 2.16. The normalized spacial score (nSPS) is 11.7. The van der Waals surface area contributed by atoms with Crippen molar-refractivity contribution in [3.63, 3.8) is 0 Å². The lowest BCUT2D eigenvalue weighted by atomic mass is 10.1. The van der Waals surface area contributed by atoms with Crippen molar-refractivity contribution in [2.75, 3.05) is 0 Å². The van der Waals surface area contributed by atoms with Crippen molar-refractivity contribution in [1.82, 2.24) is 9.97 Å². The largest absolute Gasteiger partial charge is 0.456 e. The minimum Gasteiger partial charge on any atom is -0.456 e. The van der Waals surface area contributed by atoms with Gasteiger partial charge in [0, 0.05) is 28.4 Å². The summed E-state index contributed by atoms with van der Waals surface area (Å²) in [7, 11) is 0. The van der Waals surface area contributed by atoms with Crippen LogP contribution in [0, 0.1) is 0 Å². The summed E-state index contributed by atoms with van der Waals surface area (Å²) in [6, 6.07) is 13.1. The lowest BCUT2D eigenvalue weighted by Crippen LogP contribution is -1.77. The third-order valence-electron chi connectivity index (χ3n) is 3.88. The van der Waals surface area contributed by atoms with Gasteiger partial charge in [0.25, 0.3) is 0 Å². The van der Waals surface area contributed by atoms with Gasteiger partial charge in [-0.2, -0.15) is 0 Å². The Morgan fingerprint density at radius 2 is 1.61 bits per heavy atom. The van der Waals surface area contributed by atoms with Crippen LogP contribution in [0.3, 0.4) is 0 Å². The van der Waals surface area contributed by atoms with Crippen molar-refractivity contribution >= 4 is 44.6 Å². The SMILES string of the molecule is Clc1ccc2oc3ccc4oc(-c5ccncc5)nc4c3c2c1. The molecule has 2 aromatic carbocycles. The summed E-state index contributed by atoms with van der Waals surface area (Å²) in [4.78, 5) is 8.68. The third kappa shape index (κ3) is 1.85. The molecular weight excluding hydrogens is 312 g/mol. The van der Waals surface area contributed by atoms with Gasteiger partial charge in [-0.3, -0.25) is 4.98 Å². The van der Waals surface area contributed by atoms with Gasteiger partial charge < -0.3 is 8.83 Å². The Labute approximate surface area is 135 Å². The smallest absolute Gasteiger partial charge is 0.227 e. The molecule has 0 saturated heterocycles. The number of oxazole rings is 1. The van der Waals surface area contributed by atoms with Crippen molar-refractivity contribution in [2.45, 2.75) is 0 Å². The van der Waals surface area contributed by atoms with Crippen molar-refractivity contribution in [2.24, 2.45) is 0 Å². The Kier molecular flexibility index (Phi) is 2.52. The fourth-order valence-corrected chi connectivity index (χ4v) is 3.02. The molecule has 0 fully saturated rings. The molecule has 0 spiro atoms. The van der Waals surface area contributed by atoms with Gasteiger partial charge in [0.05, 0.1) is 5.39 Å². The van der Waals surface area contributed by atoms with Crippen LogP contribution in [0.2, 0.25) is 5.02 Å². The predicted octanol–water partition coefficient (Wildman–Crippen LogP) is 5.44. The number of pyridine rings is 1. The molecule has 5 heteroatoms. The van der Waals surface area contributed by atoms with Crippen molar-refractivity contribution in [3.05, 3.63) is 59.9 Å². The quantitative estimate of drug-likeness (QED) is 0.412. The van der Waals surface area contributed by atoms with Crippen LogP contribution in [-0.4, -0.2) is 9.97 Å². The fourth-order valence-electron chi connectivity index (χ4n) is 2.84. The van der Waals surface area contributed by atoms with Crippen LogP contribution >= 0.6 is 11.6 Å². The number of benzene rings is 2. The van der Waals surface area contributed by atoms with E-state index in [2.05, 4.69) is 9.97 Å². The van der Waals surface area contributed by atoms with E-state index in [0.717, 1.165) is 33.0 Å². The number of aromatic nitrogens is 2. The molecule has 0 aliphatic heterocycles. The van der Waals surface area contributed by atoms with Gasteiger partial charge in [-0.15, -0.1) is 0 Å². The molecule has 0 radical (unpaired) electrons. The maximum absolute atomic E-state index is 6.14. The van der Waals surface area contributed by atoms with Crippen LogP contribution in [0.4, 0.5) is 0 Å². The summed E-state index contributed by atoms with van der Waals surface area (Å²) in [5, 5.41) is 2.52. The molecule has 5 aromatic rings. The van der Waals surface area contributed by atoms with Crippen molar-refractivity contribution < 1.29 is 8.83 Å². The molecule has 23 heavy (non-hydrogen) atoms. The van der Waals surface area contributed by atoms with E-state index in [0.29, 0.717) is 16.5 Å². The van der Waals surface area contributed by atoms with E-state index in [9.17, 15) is 0 Å². The van der Waals surface area contributed by atoms with Crippen LogP contribution in [0.1, 0.15) is 0 Å². The fraction of sp³-hybridized carbons (Fsp3) is 0. The zero-order valence-electron chi connectivity index (χ0n) is 11.8. The average Bonchev–Trinajstić information content (AvgIpc) is 3.16. The minimum absolute atomic E-state index is 0.561. The van der Waals surface area contributed by atoms with Crippen LogP contribution < -0.4 is 0 Å². The molecule has 0 amide bonds. The van der Waals surface area contributed by atoms with E-state index in [1.165, 1.54) is 0 Å². The molecule has 0 atom stereocenters. The van der Waals surface area contributed by atoms with E-state index < -0.39 is 0 Å². The van der Waals surface area contributed by atoms with Crippen molar-refractivity contribution in [1.29, 1.82) is 0 Å². The first-order valence-corrected chi connectivity index (χ1v) is 7.49. The van der Waals surface area contributed by atoms with Crippen LogP contribution in [-0.2, 0) is 0 Å². The van der Waals surface area contributed by atoms with Gasteiger partial charge in [-0.1, -0.05) is 11.6 Å². The first-order valence-electron chi connectivity index (χ1n) is 7.11. The zero-order chi connectivity index (χ0) is 15.4. The number of rotatable bonds is 1. The van der Waals surface area contributed by atoms with E-state index in [1.807, 2.05) is 42.5 Å². The van der Waals surface area contributed by atoms with E-state index in [-0.39, 0.29) is 0 Å². The zero-order valence-corrected chi connectivity index (χ0v) is 12.5. The molecule has 3 aromatic heterocycles. The van der Waals surface area contributed by atoms with E-state index in [1.54, 1.807) is 12.4 Å². The molecule has 0 aliphatic rings. The highest BCUT2D eigenvalue weighted by Crippen LogP contribution is 2.36. The number of furan rings is 1. The first kappa shape index (κ1) is 12.7. The molecule has 0 N–H and O–H groups in total. The molecule has 3 heterocycles. The summed E-state index contributed by atoms with van der Waals surface area (Å²) in [5.41, 5.74) is 3.92. The summed E-state index contributed by atoms with van der Waals surface area (Å²) < 4.78 is 11.8. The van der Waals surface area contributed by atoms with Crippen LogP contribution in [0.5, 0.6) is 0 Å². The van der Waals surface area contributed by atoms with Gasteiger partial charge in [0.1, 0.15) is 16.7 Å². The van der Waals surface area contributed by atoms with Crippen molar-refractivity contribution in [3.8, 4) is 11.5 Å². The Balaban J connectivity index is 1.90. The monoisotopic (exact) mass is 320 g/mol. The summed E-state index contributed by atoms with van der Waals surface area (Å²) >= 11 is 6.14. The predicted molar refractivity (Wildman–Crippen MR) is 89.5 cm³/mol. The molecule has 0 bridgehead atoms. The topological polar surface area (TPSA) is 52.1 Å². The van der Waals surface area contributed by atoms with Gasteiger partial charge >= 0.3 is 0 Å². The number of hydrogen-bond donors (Lipinski definition) is 0. The molecule has 5 rings (SSSR count). The lowest BCUT2D eigenvalue weighted by Gasteiger charge is -1.91. The van der Waals surface area contributed by atoms with Gasteiger partial charge in [0.2, 0.25) is 5.89 Å². The van der Waals surface area contributed by atoms with E-state index in [4.69, 9.17) is 20.4 Å². The highest BCUT2D eigenvalue weighted by molar-refractivity contribution is 6.32. The number of fused-ring (bicyclic) bond motifs is 5. The summed E-state index contributed by atoms with van der Waals surface area (Å²) in [6.45, 7) is 0. The van der Waals surface area contributed by atoms with Crippen LogP contribution in [0.25, 0.3) is 44.5 Å². The number of nitrogens with zero attached hydrogens (tertiary/aromatic N) is 2. The Morgan fingerprint density at radius 1 is 0.826 bits per heavy atom. The van der Waals surface area contributed by atoms with E-state index >= 15 is 0 Å². The molecule has 0 saturated carbocycles. The second-order valence-corrected chi connectivity index (χ2v) is 5.72. The maximum atomic E-state index is 6.14. The minimum atomic E-state index is 0.561. The summed E-state index contributed by atoms with van der Waals surface area (Å²) in [5.74, 6) is 0.561. The van der Waals surface area contributed by atoms with Gasteiger partial charge in [-0.25, -0.2) is 4.98 Å². The average molecular weight is 321 g/mol.